The summed E-state index contributed by atoms with van der Waals surface area (Å²) < 4.78 is 0. The third kappa shape index (κ3) is 3.04. The average Bonchev–Trinajstić information content (AvgIpc) is 2.10. The molecule has 0 amide bonds. The number of nitrogens with one attached hydrogen (secondary N) is 1. The van der Waals surface area contributed by atoms with Gasteiger partial charge in [0.2, 0.25) is 0 Å². The number of benzene rings is 1. The Labute approximate surface area is 86.5 Å². The van der Waals surface area contributed by atoms with Gasteiger partial charge in [-0.15, -0.1) is 0 Å². The van der Waals surface area contributed by atoms with Crippen molar-refractivity contribution < 1.29 is 0 Å². The minimum atomic E-state index is 0.446. The molecule has 1 atom stereocenters. The van der Waals surface area contributed by atoms with Gasteiger partial charge in [-0.2, -0.15) is 0 Å². The van der Waals surface area contributed by atoms with E-state index in [4.69, 9.17) is 5.73 Å². The van der Waals surface area contributed by atoms with Crippen molar-refractivity contribution in [3.05, 3.63) is 29.3 Å². The maximum absolute atomic E-state index is 5.51. The average molecular weight is 192 g/mol. The Kier molecular flexibility index (Phi) is 3.96. The number of hydrogen-bond donors (Lipinski definition) is 2. The van der Waals surface area contributed by atoms with E-state index < -0.39 is 0 Å². The summed E-state index contributed by atoms with van der Waals surface area (Å²) in [4.78, 5) is 0. The summed E-state index contributed by atoms with van der Waals surface area (Å²) >= 11 is 0. The van der Waals surface area contributed by atoms with Gasteiger partial charge in [-0.05, 0) is 45.4 Å². The highest BCUT2D eigenvalue weighted by atomic mass is 14.9. The van der Waals surface area contributed by atoms with Crippen molar-refractivity contribution in [3.8, 4) is 0 Å². The quantitative estimate of drug-likeness (QED) is 0.769. The van der Waals surface area contributed by atoms with E-state index in [1.165, 1.54) is 16.8 Å². The third-order valence-electron chi connectivity index (χ3n) is 2.38. The molecule has 0 spiro atoms. The van der Waals surface area contributed by atoms with Gasteiger partial charge in [0.15, 0.2) is 0 Å². The van der Waals surface area contributed by atoms with Gasteiger partial charge < -0.3 is 11.1 Å². The molecule has 0 radical (unpaired) electrons. The van der Waals surface area contributed by atoms with E-state index in [2.05, 4.69) is 44.3 Å². The zero-order valence-corrected chi connectivity index (χ0v) is 9.30. The first-order valence-electron chi connectivity index (χ1n) is 5.17. The molecule has 0 saturated carbocycles. The summed E-state index contributed by atoms with van der Waals surface area (Å²) in [5.74, 6) is 0. The topological polar surface area (TPSA) is 38.0 Å². The van der Waals surface area contributed by atoms with Crippen LogP contribution >= 0.6 is 0 Å². The molecule has 0 bridgehead atoms. The fraction of sp³-hybridized carbons (Fsp3) is 0.500. The zero-order valence-electron chi connectivity index (χ0n) is 9.30. The highest BCUT2D eigenvalue weighted by molar-refractivity contribution is 5.52. The van der Waals surface area contributed by atoms with E-state index in [1.807, 2.05) is 0 Å². The molecule has 0 saturated heterocycles. The predicted molar refractivity (Wildman–Crippen MR) is 62.7 cm³/mol. The van der Waals surface area contributed by atoms with Crippen molar-refractivity contribution in [2.24, 2.45) is 5.73 Å². The SMILES string of the molecule is Cc1ccc(NC(C)CCN)c(C)c1. The van der Waals surface area contributed by atoms with Crippen LogP contribution in [0.4, 0.5) is 5.69 Å². The fourth-order valence-corrected chi connectivity index (χ4v) is 1.56. The number of anilines is 1. The van der Waals surface area contributed by atoms with E-state index >= 15 is 0 Å². The molecule has 0 fully saturated rings. The molecule has 0 aromatic heterocycles. The minimum absolute atomic E-state index is 0.446. The lowest BCUT2D eigenvalue weighted by Crippen LogP contribution is -2.19. The van der Waals surface area contributed by atoms with Gasteiger partial charge >= 0.3 is 0 Å². The molecule has 1 unspecified atom stereocenters. The predicted octanol–water partition coefficient (Wildman–Crippen LogP) is 2.45. The van der Waals surface area contributed by atoms with Crippen LogP contribution in [0.3, 0.4) is 0 Å². The van der Waals surface area contributed by atoms with E-state index in [0.717, 1.165) is 13.0 Å². The van der Waals surface area contributed by atoms with Crippen LogP contribution in [0.1, 0.15) is 24.5 Å². The second-order valence-corrected chi connectivity index (χ2v) is 3.94. The molecule has 78 valence electrons. The molecule has 0 heterocycles. The normalized spacial score (nSPS) is 12.6. The Hall–Kier alpha value is -1.02. The van der Waals surface area contributed by atoms with Gasteiger partial charge in [-0.3, -0.25) is 0 Å². The smallest absolute Gasteiger partial charge is 0.0372 e. The van der Waals surface area contributed by atoms with Crippen molar-refractivity contribution in [1.82, 2.24) is 0 Å². The third-order valence-corrected chi connectivity index (χ3v) is 2.38. The molecular weight excluding hydrogens is 172 g/mol. The second kappa shape index (κ2) is 5.01. The highest BCUT2D eigenvalue weighted by Gasteiger charge is 2.02. The lowest BCUT2D eigenvalue weighted by molar-refractivity contribution is 0.716. The van der Waals surface area contributed by atoms with E-state index in [-0.39, 0.29) is 0 Å². The number of hydrogen-bond acceptors (Lipinski definition) is 2. The molecule has 0 aliphatic carbocycles. The van der Waals surface area contributed by atoms with Crippen LogP contribution in [0.25, 0.3) is 0 Å². The molecule has 2 heteroatoms. The van der Waals surface area contributed by atoms with Gasteiger partial charge in [0.05, 0.1) is 0 Å². The lowest BCUT2D eigenvalue weighted by Gasteiger charge is -2.16. The van der Waals surface area contributed by atoms with Crippen LogP contribution in [0, 0.1) is 13.8 Å². The van der Waals surface area contributed by atoms with Crippen LogP contribution in [-0.4, -0.2) is 12.6 Å². The van der Waals surface area contributed by atoms with E-state index in [9.17, 15) is 0 Å². The summed E-state index contributed by atoms with van der Waals surface area (Å²) in [5.41, 5.74) is 9.33. The molecular formula is C12H20N2. The standard InChI is InChI=1S/C12H20N2/c1-9-4-5-12(10(2)8-9)14-11(3)6-7-13/h4-5,8,11,14H,6-7,13H2,1-3H3. The summed E-state index contributed by atoms with van der Waals surface area (Å²) in [6.07, 6.45) is 1.01. The fourth-order valence-electron chi connectivity index (χ4n) is 1.56. The van der Waals surface area contributed by atoms with Crippen molar-refractivity contribution in [3.63, 3.8) is 0 Å². The Morgan fingerprint density at radius 1 is 1.36 bits per heavy atom. The Morgan fingerprint density at radius 3 is 2.64 bits per heavy atom. The summed E-state index contributed by atoms with van der Waals surface area (Å²) in [5, 5.41) is 3.46. The lowest BCUT2D eigenvalue weighted by atomic mass is 10.1. The maximum atomic E-state index is 5.51. The van der Waals surface area contributed by atoms with Crippen LogP contribution < -0.4 is 11.1 Å². The van der Waals surface area contributed by atoms with Crippen LogP contribution in [-0.2, 0) is 0 Å². The molecule has 3 N–H and O–H groups in total. The van der Waals surface area contributed by atoms with E-state index in [1.54, 1.807) is 0 Å². The monoisotopic (exact) mass is 192 g/mol. The first-order valence-corrected chi connectivity index (χ1v) is 5.17. The second-order valence-electron chi connectivity index (χ2n) is 3.94. The summed E-state index contributed by atoms with van der Waals surface area (Å²) in [6.45, 7) is 7.13. The Bertz CT molecular complexity index is 294. The van der Waals surface area contributed by atoms with Gasteiger partial charge in [-0.1, -0.05) is 17.7 Å². The summed E-state index contributed by atoms with van der Waals surface area (Å²) in [6, 6.07) is 6.90. The highest BCUT2D eigenvalue weighted by Crippen LogP contribution is 2.17. The first kappa shape index (κ1) is 11.1. The molecule has 0 aliphatic rings. The van der Waals surface area contributed by atoms with Gasteiger partial charge in [-0.25, -0.2) is 0 Å². The molecule has 1 aromatic carbocycles. The largest absolute Gasteiger partial charge is 0.382 e. The molecule has 14 heavy (non-hydrogen) atoms. The molecule has 1 aromatic rings. The van der Waals surface area contributed by atoms with Crippen molar-refractivity contribution in [2.75, 3.05) is 11.9 Å². The van der Waals surface area contributed by atoms with Crippen LogP contribution in [0.5, 0.6) is 0 Å². The maximum Gasteiger partial charge on any atom is 0.0372 e. The van der Waals surface area contributed by atoms with Gasteiger partial charge in [0.1, 0.15) is 0 Å². The zero-order chi connectivity index (χ0) is 10.6. The van der Waals surface area contributed by atoms with Crippen LogP contribution in [0.2, 0.25) is 0 Å². The van der Waals surface area contributed by atoms with Gasteiger partial charge in [0, 0.05) is 11.7 Å². The molecule has 2 nitrogen and oxygen atoms in total. The Balaban J connectivity index is 2.67. The summed E-state index contributed by atoms with van der Waals surface area (Å²) in [7, 11) is 0. The molecule has 1 rings (SSSR count). The van der Waals surface area contributed by atoms with Crippen molar-refractivity contribution in [1.29, 1.82) is 0 Å². The molecule has 0 aliphatic heterocycles. The van der Waals surface area contributed by atoms with E-state index in [0.29, 0.717) is 6.04 Å². The minimum Gasteiger partial charge on any atom is -0.382 e. The number of aryl methyl sites for hydroxylation is 2. The van der Waals surface area contributed by atoms with Crippen molar-refractivity contribution in [2.45, 2.75) is 33.2 Å². The van der Waals surface area contributed by atoms with Crippen LogP contribution in [0.15, 0.2) is 18.2 Å². The van der Waals surface area contributed by atoms with Crippen molar-refractivity contribution >= 4 is 5.69 Å². The number of rotatable bonds is 4. The van der Waals surface area contributed by atoms with Gasteiger partial charge in [0.25, 0.3) is 0 Å². The Morgan fingerprint density at radius 2 is 2.07 bits per heavy atom. The number of nitrogens with two attached hydrogens (primary N) is 1. The first-order chi connectivity index (χ1) is 6.63.